The molecule has 6 nitrogen and oxygen atoms in total. The number of hydrogen-bond donors (Lipinski definition) is 3. The minimum atomic E-state index is -0.0366. The molecule has 1 aliphatic heterocycles. The molecule has 1 amide bonds. The standard InChI is InChI=1S/C22H37N5O.HI/c1-4-23-21(28)20-9-6-8-19(16-20)17-26-22(24-5-2)25-12-7-13-27-14-10-18(3)11-15-27;/h6,8-9,16,18H,4-5,7,10-15,17H2,1-3H3,(H,23,28)(H2,24,25,26);1H. The van der Waals surface area contributed by atoms with Crippen molar-refractivity contribution in [3.63, 3.8) is 0 Å². The number of guanidine groups is 1. The molecule has 0 spiro atoms. The van der Waals surface area contributed by atoms with Crippen LogP contribution in [0.5, 0.6) is 0 Å². The number of amides is 1. The molecule has 1 fully saturated rings. The van der Waals surface area contributed by atoms with E-state index in [1.54, 1.807) is 0 Å². The Kier molecular flexibility index (Phi) is 12.9. The minimum absolute atomic E-state index is 0. The molecule has 7 heteroatoms. The van der Waals surface area contributed by atoms with Crippen LogP contribution in [0.15, 0.2) is 29.3 Å². The smallest absolute Gasteiger partial charge is 0.251 e. The second-order valence-electron chi connectivity index (χ2n) is 7.56. The summed E-state index contributed by atoms with van der Waals surface area (Å²) in [5.74, 6) is 1.68. The van der Waals surface area contributed by atoms with Crippen molar-refractivity contribution in [1.29, 1.82) is 0 Å². The zero-order chi connectivity index (χ0) is 20.2. The minimum Gasteiger partial charge on any atom is -0.357 e. The van der Waals surface area contributed by atoms with Gasteiger partial charge in [-0.25, -0.2) is 4.99 Å². The van der Waals surface area contributed by atoms with Gasteiger partial charge in [0.25, 0.3) is 5.91 Å². The molecular weight excluding hydrogens is 477 g/mol. The van der Waals surface area contributed by atoms with Crippen LogP contribution in [0.25, 0.3) is 0 Å². The Bertz CT molecular complexity index is 629. The van der Waals surface area contributed by atoms with Crippen LogP contribution >= 0.6 is 24.0 Å². The average molecular weight is 515 g/mol. The molecule has 0 bridgehead atoms. The van der Waals surface area contributed by atoms with Crippen molar-refractivity contribution in [3.05, 3.63) is 35.4 Å². The van der Waals surface area contributed by atoms with Gasteiger partial charge in [-0.1, -0.05) is 19.1 Å². The van der Waals surface area contributed by atoms with Gasteiger partial charge < -0.3 is 20.9 Å². The Labute approximate surface area is 193 Å². The summed E-state index contributed by atoms with van der Waals surface area (Å²) >= 11 is 0. The molecular formula is C22H38IN5O. The number of aliphatic imine (C=N–C) groups is 1. The fourth-order valence-electron chi connectivity index (χ4n) is 3.38. The number of benzene rings is 1. The largest absolute Gasteiger partial charge is 0.357 e. The van der Waals surface area contributed by atoms with Gasteiger partial charge in [-0.3, -0.25) is 4.79 Å². The molecule has 1 saturated heterocycles. The monoisotopic (exact) mass is 515 g/mol. The van der Waals surface area contributed by atoms with Crippen LogP contribution in [-0.4, -0.2) is 56.0 Å². The highest BCUT2D eigenvalue weighted by Crippen LogP contribution is 2.15. The van der Waals surface area contributed by atoms with Crippen LogP contribution in [0.3, 0.4) is 0 Å². The lowest BCUT2D eigenvalue weighted by molar-refractivity contribution is 0.0955. The Morgan fingerprint density at radius 1 is 1.14 bits per heavy atom. The first-order chi connectivity index (χ1) is 13.6. The van der Waals surface area contributed by atoms with E-state index in [-0.39, 0.29) is 29.9 Å². The fourth-order valence-corrected chi connectivity index (χ4v) is 3.38. The summed E-state index contributed by atoms with van der Waals surface area (Å²) < 4.78 is 0. The molecule has 0 unspecified atom stereocenters. The van der Waals surface area contributed by atoms with Gasteiger partial charge in [-0.15, -0.1) is 24.0 Å². The molecule has 0 aromatic heterocycles. The molecule has 1 aromatic rings. The number of likely N-dealkylation sites (tertiary alicyclic amines) is 1. The van der Waals surface area contributed by atoms with Crippen LogP contribution in [0, 0.1) is 5.92 Å². The number of rotatable bonds is 9. The van der Waals surface area contributed by atoms with E-state index in [0.29, 0.717) is 18.7 Å². The first-order valence-corrected chi connectivity index (χ1v) is 10.7. The summed E-state index contributed by atoms with van der Waals surface area (Å²) in [5.41, 5.74) is 1.71. The van der Waals surface area contributed by atoms with E-state index >= 15 is 0 Å². The second-order valence-corrected chi connectivity index (χ2v) is 7.56. The third-order valence-electron chi connectivity index (χ3n) is 5.11. The molecule has 0 aliphatic carbocycles. The van der Waals surface area contributed by atoms with E-state index in [9.17, 15) is 4.79 Å². The van der Waals surface area contributed by atoms with E-state index in [1.165, 1.54) is 25.9 Å². The van der Waals surface area contributed by atoms with Crippen molar-refractivity contribution >= 4 is 35.8 Å². The molecule has 3 N–H and O–H groups in total. The van der Waals surface area contributed by atoms with Crippen molar-refractivity contribution in [2.45, 2.75) is 46.6 Å². The molecule has 0 saturated carbocycles. The molecule has 29 heavy (non-hydrogen) atoms. The Morgan fingerprint density at radius 3 is 2.55 bits per heavy atom. The van der Waals surface area contributed by atoms with Gasteiger partial charge in [0.2, 0.25) is 0 Å². The normalized spacial score (nSPS) is 15.5. The average Bonchev–Trinajstić information content (AvgIpc) is 2.71. The fraction of sp³-hybridized carbons (Fsp3) is 0.636. The van der Waals surface area contributed by atoms with Crippen LogP contribution < -0.4 is 16.0 Å². The maximum absolute atomic E-state index is 12.0. The first-order valence-electron chi connectivity index (χ1n) is 10.7. The van der Waals surface area contributed by atoms with E-state index in [2.05, 4.69) is 39.7 Å². The van der Waals surface area contributed by atoms with Crippen LogP contribution in [0.2, 0.25) is 0 Å². The van der Waals surface area contributed by atoms with Gasteiger partial charge in [0, 0.05) is 25.2 Å². The van der Waals surface area contributed by atoms with Gasteiger partial charge in [-0.2, -0.15) is 0 Å². The topological polar surface area (TPSA) is 68.8 Å². The van der Waals surface area contributed by atoms with Crippen molar-refractivity contribution in [2.24, 2.45) is 10.9 Å². The SMILES string of the molecule is CCNC(=O)c1cccc(CN=C(NCC)NCCCN2CCC(C)CC2)c1.I. The zero-order valence-corrected chi connectivity index (χ0v) is 20.5. The second kappa shape index (κ2) is 14.6. The van der Waals surface area contributed by atoms with Crippen LogP contribution in [0.4, 0.5) is 0 Å². The maximum Gasteiger partial charge on any atom is 0.251 e. The third kappa shape index (κ3) is 9.80. The summed E-state index contributed by atoms with van der Waals surface area (Å²) in [5, 5.41) is 9.57. The first kappa shape index (κ1) is 25.7. The summed E-state index contributed by atoms with van der Waals surface area (Å²) in [4.78, 5) is 19.2. The number of hydrogen-bond acceptors (Lipinski definition) is 3. The molecule has 1 aromatic carbocycles. The van der Waals surface area contributed by atoms with Crippen LogP contribution in [0.1, 0.15) is 56.0 Å². The quantitative estimate of drug-likeness (QED) is 0.205. The van der Waals surface area contributed by atoms with E-state index in [4.69, 9.17) is 0 Å². The van der Waals surface area contributed by atoms with Crippen molar-refractivity contribution in [3.8, 4) is 0 Å². The van der Waals surface area contributed by atoms with E-state index in [0.717, 1.165) is 43.5 Å². The highest BCUT2D eigenvalue weighted by Gasteiger charge is 2.14. The number of nitrogens with one attached hydrogen (secondary N) is 3. The summed E-state index contributed by atoms with van der Waals surface area (Å²) in [7, 11) is 0. The lowest BCUT2D eigenvalue weighted by atomic mass is 9.99. The van der Waals surface area contributed by atoms with Crippen LogP contribution in [-0.2, 0) is 6.54 Å². The van der Waals surface area contributed by atoms with Crippen molar-refractivity contribution in [1.82, 2.24) is 20.9 Å². The van der Waals surface area contributed by atoms with Gasteiger partial charge in [0.15, 0.2) is 5.96 Å². The lowest BCUT2D eigenvalue weighted by Gasteiger charge is -2.30. The molecule has 0 radical (unpaired) electrons. The van der Waals surface area contributed by atoms with Crippen molar-refractivity contribution < 1.29 is 4.79 Å². The van der Waals surface area contributed by atoms with Gasteiger partial charge >= 0.3 is 0 Å². The summed E-state index contributed by atoms with van der Waals surface area (Å²) in [6.07, 6.45) is 3.77. The number of carbonyl (C=O) groups is 1. The van der Waals surface area contributed by atoms with E-state index < -0.39 is 0 Å². The third-order valence-corrected chi connectivity index (χ3v) is 5.11. The highest BCUT2D eigenvalue weighted by atomic mass is 127. The molecule has 1 heterocycles. The Balaban J connectivity index is 0.00000420. The highest BCUT2D eigenvalue weighted by molar-refractivity contribution is 14.0. The zero-order valence-electron chi connectivity index (χ0n) is 18.2. The Morgan fingerprint density at radius 2 is 1.86 bits per heavy atom. The molecule has 2 rings (SSSR count). The number of carbonyl (C=O) groups excluding carboxylic acids is 1. The van der Waals surface area contributed by atoms with Gasteiger partial charge in [-0.05, 0) is 76.4 Å². The molecule has 0 atom stereocenters. The summed E-state index contributed by atoms with van der Waals surface area (Å²) in [6.45, 7) is 12.9. The van der Waals surface area contributed by atoms with E-state index in [1.807, 2.05) is 31.2 Å². The maximum atomic E-state index is 12.0. The number of halogens is 1. The summed E-state index contributed by atoms with van der Waals surface area (Å²) in [6, 6.07) is 7.67. The van der Waals surface area contributed by atoms with Gasteiger partial charge in [0.1, 0.15) is 0 Å². The van der Waals surface area contributed by atoms with Crippen molar-refractivity contribution in [2.75, 3.05) is 39.3 Å². The predicted octanol–water partition coefficient (Wildman–Crippen LogP) is 3.23. The number of piperidine rings is 1. The Hall–Kier alpha value is -1.35. The van der Waals surface area contributed by atoms with Gasteiger partial charge in [0.05, 0.1) is 6.54 Å². The predicted molar refractivity (Wildman–Crippen MR) is 132 cm³/mol. The molecule has 1 aliphatic rings. The molecule has 164 valence electrons. The number of nitrogens with zero attached hydrogens (tertiary/aromatic N) is 2. The lowest BCUT2D eigenvalue weighted by Crippen LogP contribution is -2.39.